The number of guanidine groups is 1. The van der Waals surface area contributed by atoms with Crippen LogP contribution >= 0.6 is 24.0 Å². The average molecular weight is 499 g/mol. The van der Waals surface area contributed by atoms with Crippen LogP contribution in [0.25, 0.3) is 0 Å². The van der Waals surface area contributed by atoms with Gasteiger partial charge in [-0.2, -0.15) is 0 Å². The van der Waals surface area contributed by atoms with Gasteiger partial charge in [0.15, 0.2) is 5.96 Å². The number of pyridine rings is 1. The smallest absolute Gasteiger partial charge is 0.191 e. The summed E-state index contributed by atoms with van der Waals surface area (Å²) < 4.78 is 10.7. The number of aromatic nitrogens is 1. The van der Waals surface area contributed by atoms with Gasteiger partial charge in [-0.1, -0.05) is 6.07 Å². The van der Waals surface area contributed by atoms with Crippen molar-refractivity contribution in [1.29, 1.82) is 0 Å². The summed E-state index contributed by atoms with van der Waals surface area (Å²) in [7, 11) is 7.24. The third-order valence-corrected chi connectivity index (χ3v) is 3.93. The lowest BCUT2D eigenvalue weighted by atomic mass is 10.2. The van der Waals surface area contributed by atoms with Crippen LogP contribution in [0.2, 0.25) is 0 Å². The molecule has 0 aliphatic heterocycles. The Morgan fingerprint density at radius 2 is 1.89 bits per heavy atom. The number of aliphatic imine (C=N–C) groups is 1. The fourth-order valence-corrected chi connectivity index (χ4v) is 2.48. The Kier molecular flexibility index (Phi) is 10.4. The molecule has 154 valence electrons. The first-order valence-corrected chi connectivity index (χ1v) is 8.93. The normalized spacial score (nSPS) is 10.7. The molecular formula is C20H30IN5O2. The Morgan fingerprint density at radius 1 is 1.11 bits per heavy atom. The standard InChI is InChI=1S/C20H29N5O2.HI/c1-6-21-20(23-14-16-8-7-9-19(24-16)25(2)3)22-13-15-10-11-17(26-4)12-18(15)27-5;/h7-12H,6,13-14H2,1-5H3,(H2,21,22,23);1H. The van der Waals surface area contributed by atoms with Crippen LogP contribution in [0.5, 0.6) is 11.5 Å². The minimum atomic E-state index is 0. The van der Waals surface area contributed by atoms with Crippen LogP contribution in [0.1, 0.15) is 18.2 Å². The highest BCUT2D eigenvalue weighted by Gasteiger charge is 2.06. The van der Waals surface area contributed by atoms with Gasteiger partial charge in [-0.3, -0.25) is 0 Å². The monoisotopic (exact) mass is 499 g/mol. The maximum Gasteiger partial charge on any atom is 0.191 e. The number of hydrogen-bond donors (Lipinski definition) is 2. The van der Waals surface area contributed by atoms with Gasteiger partial charge in [-0.25, -0.2) is 9.98 Å². The molecule has 0 aliphatic carbocycles. The molecule has 0 unspecified atom stereocenters. The van der Waals surface area contributed by atoms with E-state index in [0.29, 0.717) is 13.1 Å². The van der Waals surface area contributed by atoms with Crippen LogP contribution in [0.15, 0.2) is 41.4 Å². The summed E-state index contributed by atoms with van der Waals surface area (Å²) in [5.41, 5.74) is 1.94. The lowest BCUT2D eigenvalue weighted by Crippen LogP contribution is -2.37. The largest absolute Gasteiger partial charge is 0.497 e. The van der Waals surface area contributed by atoms with Crippen molar-refractivity contribution in [3.05, 3.63) is 47.7 Å². The van der Waals surface area contributed by atoms with Gasteiger partial charge in [-0.05, 0) is 31.2 Å². The first-order valence-electron chi connectivity index (χ1n) is 8.93. The molecule has 0 spiro atoms. The number of ether oxygens (including phenoxy) is 2. The molecule has 2 N–H and O–H groups in total. The van der Waals surface area contributed by atoms with Gasteiger partial charge in [-0.15, -0.1) is 24.0 Å². The third kappa shape index (κ3) is 7.06. The van der Waals surface area contributed by atoms with Crippen LogP contribution in [0, 0.1) is 0 Å². The second-order valence-electron chi connectivity index (χ2n) is 6.11. The van der Waals surface area contributed by atoms with E-state index >= 15 is 0 Å². The molecule has 0 saturated heterocycles. The number of benzene rings is 1. The summed E-state index contributed by atoms with van der Waals surface area (Å²) >= 11 is 0. The number of nitrogens with one attached hydrogen (secondary N) is 2. The van der Waals surface area contributed by atoms with Gasteiger partial charge in [0.1, 0.15) is 17.3 Å². The van der Waals surface area contributed by atoms with E-state index in [4.69, 9.17) is 9.47 Å². The van der Waals surface area contributed by atoms with E-state index in [2.05, 4.69) is 20.6 Å². The maximum atomic E-state index is 5.44. The highest BCUT2D eigenvalue weighted by atomic mass is 127. The Hall–Kier alpha value is -2.23. The van der Waals surface area contributed by atoms with Crippen molar-refractivity contribution >= 4 is 35.8 Å². The van der Waals surface area contributed by atoms with Gasteiger partial charge in [0.05, 0.1) is 33.0 Å². The molecule has 1 heterocycles. The molecule has 0 aliphatic rings. The fraction of sp³-hybridized carbons (Fsp3) is 0.400. The number of halogens is 1. The fourth-order valence-electron chi connectivity index (χ4n) is 2.48. The first-order chi connectivity index (χ1) is 13.1. The quantitative estimate of drug-likeness (QED) is 0.331. The van der Waals surface area contributed by atoms with Gasteiger partial charge >= 0.3 is 0 Å². The third-order valence-electron chi connectivity index (χ3n) is 3.93. The zero-order chi connectivity index (χ0) is 19.6. The topological polar surface area (TPSA) is 71.0 Å². The summed E-state index contributed by atoms with van der Waals surface area (Å²) in [5, 5.41) is 6.58. The summed E-state index contributed by atoms with van der Waals surface area (Å²) in [6.07, 6.45) is 0. The van der Waals surface area contributed by atoms with E-state index in [-0.39, 0.29) is 24.0 Å². The van der Waals surface area contributed by atoms with Crippen molar-refractivity contribution in [2.45, 2.75) is 20.0 Å². The maximum absolute atomic E-state index is 5.44. The molecule has 0 fully saturated rings. The van der Waals surface area contributed by atoms with E-state index < -0.39 is 0 Å². The van der Waals surface area contributed by atoms with E-state index in [9.17, 15) is 0 Å². The lowest BCUT2D eigenvalue weighted by Gasteiger charge is -2.14. The minimum absolute atomic E-state index is 0. The molecule has 2 aromatic rings. The van der Waals surface area contributed by atoms with Crippen LogP contribution < -0.4 is 25.0 Å². The summed E-state index contributed by atoms with van der Waals surface area (Å²) in [5.74, 6) is 3.18. The molecule has 1 aromatic carbocycles. The highest BCUT2D eigenvalue weighted by molar-refractivity contribution is 14.0. The van der Waals surface area contributed by atoms with Crippen molar-refractivity contribution in [3.63, 3.8) is 0 Å². The number of hydrogen-bond acceptors (Lipinski definition) is 5. The predicted octanol–water partition coefficient (Wildman–Crippen LogP) is 3.04. The molecular weight excluding hydrogens is 469 g/mol. The highest BCUT2D eigenvalue weighted by Crippen LogP contribution is 2.25. The van der Waals surface area contributed by atoms with Crippen molar-refractivity contribution in [2.75, 3.05) is 39.8 Å². The van der Waals surface area contributed by atoms with Crippen molar-refractivity contribution in [1.82, 2.24) is 15.6 Å². The minimum Gasteiger partial charge on any atom is -0.497 e. The molecule has 0 radical (unpaired) electrons. The predicted molar refractivity (Wildman–Crippen MR) is 125 cm³/mol. The van der Waals surface area contributed by atoms with E-state index in [1.807, 2.05) is 62.3 Å². The molecule has 0 saturated carbocycles. The second-order valence-corrected chi connectivity index (χ2v) is 6.11. The number of anilines is 1. The van der Waals surface area contributed by atoms with E-state index in [1.165, 1.54) is 0 Å². The Morgan fingerprint density at radius 3 is 2.54 bits per heavy atom. The molecule has 28 heavy (non-hydrogen) atoms. The number of rotatable bonds is 8. The summed E-state index contributed by atoms with van der Waals surface area (Å²) in [6, 6.07) is 11.7. The van der Waals surface area contributed by atoms with Gasteiger partial charge in [0.25, 0.3) is 0 Å². The first kappa shape index (κ1) is 23.8. The van der Waals surface area contributed by atoms with E-state index in [0.717, 1.165) is 41.1 Å². The van der Waals surface area contributed by atoms with Crippen LogP contribution in [-0.4, -0.2) is 45.8 Å². The Bertz CT molecular complexity index is 768. The average Bonchev–Trinajstić information content (AvgIpc) is 2.70. The Balaban J connectivity index is 0.00000392. The van der Waals surface area contributed by atoms with Crippen LogP contribution in [-0.2, 0) is 13.1 Å². The van der Waals surface area contributed by atoms with Gasteiger partial charge < -0.3 is 25.0 Å². The second kappa shape index (κ2) is 12.3. The number of methoxy groups -OCH3 is 2. The lowest BCUT2D eigenvalue weighted by molar-refractivity contribution is 0.391. The van der Waals surface area contributed by atoms with Crippen molar-refractivity contribution < 1.29 is 9.47 Å². The van der Waals surface area contributed by atoms with Gasteiger partial charge in [0.2, 0.25) is 0 Å². The van der Waals surface area contributed by atoms with Gasteiger partial charge in [0, 0.05) is 32.3 Å². The molecule has 0 amide bonds. The molecule has 0 bridgehead atoms. The zero-order valence-electron chi connectivity index (χ0n) is 17.2. The molecule has 7 nitrogen and oxygen atoms in total. The Labute approximate surface area is 184 Å². The molecule has 2 rings (SSSR count). The molecule has 1 aromatic heterocycles. The molecule has 8 heteroatoms. The van der Waals surface area contributed by atoms with Crippen LogP contribution in [0.4, 0.5) is 5.82 Å². The number of nitrogens with zero attached hydrogens (tertiary/aromatic N) is 3. The SMILES string of the molecule is CCNC(=NCc1ccc(OC)cc1OC)NCc1cccc(N(C)C)n1.I. The van der Waals surface area contributed by atoms with Crippen molar-refractivity contribution in [3.8, 4) is 11.5 Å². The molecule has 0 atom stereocenters. The summed E-state index contributed by atoms with van der Waals surface area (Å²) in [4.78, 5) is 11.3. The van der Waals surface area contributed by atoms with E-state index in [1.54, 1.807) is 14.2 Å². The van der Waals surface area contributed by atoms with Crippen LogP contribution in [0.3, 0.4) is 0 Å². The zero-order valence-corrected chi connectivity index (χ0v) is 19.5. The van der Waals surface area contributed by atoms with Crippen molar-refractivity contribution in [2.24, 2.45) is 4.99 Å². The summed E-state index contributed by atoms with van der Waals surface area (Å²) in [6.45, 7) is 3.90.